The fraction of sp³-hybridized carbons (Fsp3) is 0.0952. The first-order valence-electron chi connectivity index (χ1n) is 8.29. The number of nitrogens with zero attached hydrogens (tertiary/aromatic N) is 1. The average Bonchev–Trinajstić information content (AvgIpc) is 3.20. The van der Waals surface area contributed by atoms with Gasteiger partial charge in [-0.15, -0.1) is 0 Å². The van der Waals surface area contributed by atoms with Gasteiger partial charge in [0.1, 0.15) is 5.69 Å². The Balaban J connectivity index is 1.69. The molecule has 2 aromatic carbocycles. The number of halogens is 1. The van der Waals surface area contributed by atoms with Gasteiger partial charge in [-0.25, -0.2) is 0 Å². The molecule has 26 heavy (non-hydrogen) atoms. The molecule has 0 spiro atoms. The van der Waals surface area contributed by atoms with Crippen molar-refractivity contribution in [3.63, 3.8) is 0 Å². The molecule has 0 radical (unpaired) electrons. The van der Waals surface area contributed by atoms with Gasteiger partial charge in [-0.1, -0.05) is 41.4 Å². The van der Waals surface area contributed by atoms with Crippen LogP contribution in [0.15, 0.2) is 71.3 Å². The number of hydrogen-bond donors (Lipinski definition) is 1. The van der Waals surface area contributed by atoms with Gasteiger partial charge in [-0.2, -0.15) is 0 Å². The van der Waals surface area contributed by atoms with Crippen molar-refractivity contribution in [1.82, 2.24) is 4.57 Å². The Morgan fingerprint density at radius 1 is 1.12 bits per heavy atom. The maximum Gasteiger partial charge on any atom is 0.272 e. The van der Waals surface area contributed by atoms with E-state index in [1.54, 1.807) is 12.3 Å². The highest BCUT2D eigenvalue weighted by Gasteiger charge is 2.18. The van der Waals surface area contributed by atoms with Crippen LogP contribution in [0.4, 0.5) is 5.69 Å². The van der Waals surface area contributed by atoms with Gasteiger partial charge in [0.2, 0.25) is 0 Å². The summed E-state index contributed by atoms with van der Waals surface area (Å²) in [5.74, 6) is -0.178. The third kappa shape index (κ3) is 3.24. The number of furan rings is 1. The predicted molar refractivity (Wildman–Crippen MR) is 104 cm³/mol. The number of aromatic nitrogens is 1. The number of fused-ring (bicyclic) bond motifs is 1. The van der Waals surface area contributed by atoms with E-state index in [9.17, 15) is 4.79 Å². The van der Waals surface area contributed by atoms with E-state index in [1.807, 2.05) is 66.1 Å². The third-order valence-corrected chi connectivity index (χ3v) is 4.53. The zero-order valence-electron chi connectivity index (χ0n) is 14.2. The number of amides is 1. The number of hydrogen-bond acceptors (Lipinski definition) is 2. The van der Waals surface area contributed by atoms with E-state index in [1.165, 1.54) is 0 Å². The molecule has 130 valence electrons. The van der Waals surface area contributed by atoms with Crippen molar-refractivity contribution < 1.29 is 9.21 Å². The van der Waals surface area contributed by atoms with Gasteiger partial charge in [-0.05, 0) is 36.8 Å². The van der Waals surface area contributed by atoms with E-state index < -0.39 is 0 Å². The van der Waals surface area contributed by atoms with Gasteiger partial charge in [0.25, 0.3) is 5.91 Å². The molecule has 4 nitrogen and oxygen atoms in total. The summed E-state index contributed by atoms with van der Waals surface area (Å²) in [5.41, 5.74) is 5.01. The maximum atomic E-state index is 12.8. The molecule has 0 fully saturated rings. The highest BCUT2D eigenvalue weighted by molar-refractivity contribution is 6.30. The summed E-state index contributed by atoms with van der Waals surface area (Å²) in [4.78, 5) is 12.8. The average molecular weight is 365 g/mol. The molecule has 1 amide bonds. The lowest BCUT2D eigenvalue weighted by Gasteiger charge is -2.11. The van der Waals surface area contributed by atoms with Gasteiger partial charge in [-0.3, -0.25) is 4.79 Å². The summed E-state index contributed by atoms with van der Waals surface area (Å²) in [5, 5.41) is 3.62. The Bertz CT molecular complexity index is 1080. The van der Waals surface area contributed by atoms with Crippen LogP contribution in [0.1, 0.15) is 21.6 Å². The van der Waals surface area contributed by atoms with E-state index >= 15 is 0 Å². The van der Waals surface area contributed by atoms with Gasteiger partial charge >= 0.3 is 0 Å². The smallest absolute Gasteiger partial charge is 0.272 e. The van der Waals surface area contributed by atoms with Crippen LogP contribution in [0.25, 0.3) is 11.1 Å². The number of nitrogens with one attached hydrogen (secondary N) is 1. The van der Waals surface area contributed by atoms with Crippen LogP contribution < -0.4 is 5.32 Å². The van der Waals surface area contributed by atoms with Crippen molar-refractivity contribution >= 4 is 34.3 Å². The van der Waals surface area contributed by atoms with Gasteiger partial charge in [0, 0.05) is 29.4 Å². The minimum Gasteiger partial charge on any atom is -0.463 e. The Kier molecular flexibility index (Phi) is 4.27. The fourth-order valence-corrected chi connectivity index (χ4v) is 3.20. The first kappa shape index (κ1) is 16.5. The van der Waals surface area contributed by atoms with Crippen molar-refractivity contribution in [3.8, 4) is 0 Å². The van der Waals surface area contributed by atoms with Crippen molar-refractivity contribution in [2.24, 2.45) is 0 Å². The number of carbonyl (C=O) groups is 1. The summed E-state index contributed by atoms with van der Waals surface area (Å²) in [6, 6.07) is 19.0. The van der Waals surface area contributed by atoms with Crippen LogP contribution in [-0.2, 0) is 6.54 Å². The monoisotopic (exact) mass is 364 g/mol. The number of carbonyl (C=O) groups excluding carboxylic acids is 1. The van der Waals surface area contributed by atoms with Crippen LogP contribution in [0.2, 0.25) is 5.02 Å². The number of rotatable bonds is 4. The second-order valence-corrected chi connectivity index (χ2v) is 6.67. The highest BCUT2D eigenvalue weighted by atomic mass is 35.5. The minimum atomic E-state index is -0.178. The molecule has 2 heterocycles. The lowest BCUT2D eigenvalue weighted by Crippen LogP contribution is -2.17. The van der Waals surface area contributed by atoms with Gasteiger partial charge in [0.15, 0.2) is 5.58 Å². The fourth-order valence-electron chi connectivity index (χ4n) is 2.99. The Hall–Kier alpha value is -2.98. The van der Waals surface area contributed by atoms with E-state index in [2.05, 4.69) is 5.32 Å². The number of benzene rings is 2. The lowest BCUT2D eigenvalue weighted by atomic mass is 10.2. The molecule has 4 rings (SSSR count). The van der Waals surface area contributed by atoms with E-state index in [0.717, 1.165) is 22.3 Å². The van der Waals surface area contributed by atoms with Gasteiger partial charge < -0.3 is 14.3 Å². The third-order valence-electron chi connectivity index (χ3n) is 4.29. The van der Waals surface area contributed by atoms with E-state index in [0.29, 0.717) is 22.8 Å². The topological polar surface area (TPSA) is 47.2 Å². The highest BCUT2D eigenvalue weighted by Crippen LogP contribution is 2.24. The standard InChI is InChI=1S/C21H17ClN2O2/c1-14-5-7-17(8-6-14)23-21(25)19-12-20-18(9-10-26-20)24(19)13-15-3-2-4-16(22)11-15/h2-12H,13H2,1H3,(H,23,25). The molecule has 5 heteroatoms. The molecule has 0 aliphatic carbocycles. The van der Waals surface area contributed by atoms with Crippen LogP contribution >= 0.6 is 11.6 Å². The van der Waals surface area contributed by atoms with Gasteiger partial charge in [0.05, 0.1) is 11.8 Å². The summed E-state index contributed by atoms with van der Waals surface area (Å²) in [6.07, 6.45) is 1.63. The largest absolute Gasteiger partial charge is 0.463 e. The molecule has 0 saturated carbocycles. The van der Waals surface area contributed by atoms with Crippen molar-refractivity contribution in [2.45, 2.75) is 13.5 Å². The Morgan fingerprint density at radius 2 is 1.92 bits per heavy atom. The zero-order chi connectivity index (χ0) is 18.1. The number of anilines is 1. The molecular weight excluding hydrogens is 348 g/mol. The molecule has 0 saturated heterocycles. The zero-order valence-corrected chi connectivity index (χ0v) is 15.0. The van der Waals surface area contributed by atoms with Crippen LogP contribution in [0.5, 0.6) is 0 Å². The minimum absolute atomic E-state index is 0.178. The van der Waals surface area contributed by atoms with Crippen LogP contribution in [-0.4, -0.2) is 10.5 Å². The molecule has 0 bridgehead atoms. The van der Waals surface area contributed by atoms with Crippen LogP contribution in [0, 0.1) is 6.92 Å². The first-order chi connectivity index (χ1) is 12.6. The normalized spacial score (nSPS) is 11.0. The molecular formula is C21H17ClN2O2. The molecule has 4 aromatic rings. The van der Waals surface area contributed by atoms with E-state index in [-0.39, 0.29) is 5.91 Å². The Labute approximate surface area is 156 Å². The summed E-state index contributed by atoms with van der Waals surface area (Å²) < 4.78 is 7.43. The second-order valence-electron chi connectivity index (χ2n) is 6.24. The van der Waals surface area contributed by atoms with Crippen molar-refractivity contribution in [3.05, 3.63) is 88.8 Å². The number of aryl methyl sites for hydroxylation is 1. The Morgan fingerprint density at radius 3 is 2.69 bits per heavy atom. The maximum absolute atomic E-state index is 12.8. The summed E-state index contributed by atoms with van der Waals surface area (Å²) >= 11 is 6.10. The SMILES string of the molecule is Cc1ccc(NC(=O)c2cc3occc3n2Cc2cccc(Cl)c2)cc1. The van der Waals surface area contributed by atoms with Crippen molar-refractivity contribution in [1.29, 1.82) is 0 Å². The predicted octanol–water partition coefficient (Wildman–Crippen LogP) is 5.50. The van der Waals surface area contributed by atoms with Crippen molar-refractivity contribution in [2.75, 3.05) is 5.32 Å². The molecule has 0 atom stereocenters. The van der Waals surface area contributed by atoms with E-state index in [4.69, 9.17) is 16.0 Å². The molecule has 0 aliphatic heterocycles. The molecule has 1 N–H and O–H groups in total. The first-order valence-corrected chi connectivity index (χ1v) is 8.67. The lowest BCUT2D eigenvalue weighted by molar-refractivity contribution is 0.101. The molecule has 2 aromatic heterocycles. The summed E-state index contributed by atoms with van der Waals surface area (Å²) in [6.45, 7) is 2.54. The molecule has 0 aliphatic rings. The summed E-state index contributed by atoms with van der Waals surface area (Å²) in [7, 11) is 0. The quantitative estimate of drug-likeness (QED) is 0.520. The second kappa shape index (κ2) is 6.73. The molecule has 0 unspecified atom stereocenters. The van der Waals surface area contributed by atoms with Crippen LogP contribution in [0.3, 0.4) is 0 Å².